The lowest BCUT2D eigenvalue weighted by Gasteiger charge is -2.45. The second-order valence-electron chi connectivity index (χ2n) is 5.83. The molecule has 3 rings (SSSR count). The minimum absolute atomic E-state index is 0.565. The predicted molar refractivity (Wildman–Crippen MR) is 60.3 cm³/mol. The molecule has 0 aromatic heterocycles. The zero-order chi connectivity index (χ0) is 10.5. The Labute approximate surface area is 92.0 Å². The lowest BCUT2D eigenvalue weighted by molar-refractivity contribution is 0.00503. The Kier molecular flexibility index (Phi) is 2.28. The smallest absolute Gasteiger partial charge is 0.0235 e. The SMILES string of the molecule is CN1CCC(N2CCC3(CN(N)C3)C2)C1. The van der Waals surface area contributed by atoms with Gasteiger partial charge in [-0.15, -0.1) is 0 Å². The van der Waals surface area contributed by atoms with Crippen LogP contribution in [0.5, 0.6) is 0 Å². The molecular formula is C11H22N4. The van der Waals surface area contributed by atoms with Crippen molar-refractivity contribution in [1.29, 1.82) is 0 Å². The first-order chi connectivity index (χ1) is 7.17. The molecule has 0 aliphatic carbocycles. The van der Waals surface area contributed by atoms with Gasteiger partial charge in [0.25, 0.3) is 0 Å². The maximum Gasteiger partial charge on any atom is 0.0235 e. The van der Waals surface area contributed by atoms with Gasteiger partial charge in [-0.05, 0) is 33.0 Å². The minimum atomic E-state index is 0.565. The van der Waals surface area contributed by atoms with Crippen molar-refractivity contribution in [1.82, 2.24) is 14.8 Å². The fraction of sp³-hybridized carbons (Fsp3) is 1.00. The Morgan fingerprint density at radius 3 is 2.60 bits per heavy atom. The summed E-state index contributed by atoms with van der Waals surface area (Å²) in [5.41, 5.74) is 0.565. The van der Waals surface area contributed by atoms with Gasteiger partial charge < -0.3 is 4.90 Å². The van der Waals surface area contributed by atoms with Gasteiger partial charge in [-0.25, -0.2) is 5.01 Å². The maximum atomic E-state index is 5.76. The predicted octanol–water partition coefficient (Wildman–Crippen LogP) is -0.428. The van der Waals surface area contributed by atoms with Crippen LogP contribution in [0.3, 0.4) is 0 Å². The van der Waals surface area contributed by atoms with Crippen molar-refractivity contribution in [3.05, 3.63) is 0 Å². The van der Waals surface area contributed by atoms with Crippen LogP contribution in [-0.2, 0) is 0 Å². The first-order valence-electron chi connectivity index (χ1n) is 6.09. The summed E-state index contributed by atoms with van der Waals surface area (Å²) < 4.78 is 0. The lowest BCUT2D eigenvalue weighted by atomic mass is 9.80. The van der Waals surface area contributed by atoms with E-state index in [-0.39, 0.29) is 0 Å². The van der Waals surface area contributed by atoms with Crippen LogP contribution in [0.4, 0.5) is 0 Å². The minimum Gasteiger partial charge on any atom is -0.305 e. The van der Waals surface area contributed by atoms with Crippen molar-refractivity contribution < 1.29 is 0 Å². The number of hydrogen-bond donors (Lipinski definition) is 1. The Bertz CT molecular complexity index is 249. The highest BCUT2D eigenvalue weighted by molar-refractivity contribution is 5.01. The van der Waals surface area contributed by atoms with E-state index in [0.717, 1.165) is 19.1 Å². The van der Waals surface area contributed by atoms with Gasteiger partial charge in [0.1, 0.15) is 0 Å². The van der Waals surface area contributed by atoms with Gasteiger partial charge in [0.2, 0.25) is 0 Å². The van der Waals surface area contributed by atoms with Crippen LogP contribution in [0.25, 0.3) is 0 Å². The van der Waals surface area contributed by atoms with Gasteiger partial charge in [-0.3, -0.25) is 10.7 Å². The number of hydrazine groups is 1. The van der Waals surface area contributed by atoms with Gasteiger partial charge in [0.15, 0.2) is 0 Å². The van der Waals surface area contributed by atoms with E-state index in [1.807, 2.05) is 5.01 Å². The largest absolute Gasteiger partial charge is 0.305 e. The molecule has 0 aromatic carbocycles. The first kappa shape index (κ1) is 10.0. The Hall–Kier alpha value is -0.160. The van der Waals surface area contributed by atoms with Crippen LogP contribution in [-0.4, -0.2) is 67.2 Å². The van der Waals surface area contributed by atoms with Gasteiger partial charge in [0.05, 0.1) is 0 Å². The molecule has 3 aliphatic heterocycles. The third kappa shape index (κ3) is 1.69. The summed E-state index contributed by atoms with van der Waals surface area (Å²) >= 11 is 0. The average molecular weight is 210 g/mol. The quantitative estimate of drug-likeness (QED) is 0.596. The highest BCUT2D eigenvalue weighted by Gasteiger charge is 2.48. The molecule has 3 heterocycles. The van der Waals surface area contributed by atoms with E-state index in [9.17, 15) is 0 Å². The number of nitrogens with zero attached hydrogens (tertiary/aromatic N) is 3. The fourth-order valence-electron chi connectivity index (χ4n) is 3.56. The molecule has 4 nitrogen and oxygen atoms in total. The van der Waals surface area contributed by atoms with Crippen molar-refractivity contribution in [3.63, 3.8) is 0 Å². The molecule has 3 aliphatic rings. The molecule has 4 heteroatoms. The number of nitrogens with two attached hydrogens (primary N) is 1. The highest BCUT2D eigenvalue weighted by atomic mass is 15.5. The summed E-state index contributed by atoms with van der Waals surface area (Å²) in [6.45, 7) is 7.36. The normalized spacial score (nSPS) is 37.6. The first-order valence-corrected chi connectivity index (χ1v) is 6.09. The van der Waals surface area contributed by atoms with Crippen molar-refractivity contribution in [2.75, 3.05) is 46.3 Å². The monoisotopic (exact) mass is 210 g/mol. The fourth-order valence-corrected chi connectivity index (χ4v) is 3.56. The molecule has 86 valence electrons. The Morgan fingerprint density at radius 1 is 1.20 bits per heavy atom. The van der Waals surface area contributed by atoms with Crippen molar-refractivity contribution in [2.24, 2.45) is 11.3 Å². The van der Waals surface area contributed by atoms with Crippen molar-refractivity contribution in [2.45, 2.75) is 18.9 Å². The highest BCUT2D eigenvalue weighted by Crippen LogP contribution is 2.39. The molecule has 1 atom stereocenters. The van der Waals surface area contributed by atoms with Crippen LogP contribution in [0.1, 0.15) is 12.8 Å². The van der Waals surface area contributed by atoms with Crippen LogP contribution in [0, 0.1) is 5.41 Å². The Balaban J connectivity index is 1.57. The summed E-state index contributed by atoms with van der Waals surface area (Å²) in [6.07, 6.45) is 2.72. The summed E-state index contributed by atoms with van der Waals surface area (Å²) in [5.74, 6) is 5.76. The summed E-state index contributed by atoms with van der Waals surface area (Å²) in [4.78, 5) is 5.15. The van der Waals surface area contributed by atoms with Crippen molar-refractivity contribution >= 4 is 0 Å². The van der Waals surface area contributed by atoms with Crippen LogP contribution >= 0.6 is 0 Å². The molecule has 0 bridgehead atoms. The van der Waals surface area contributed by atoms with Crippen molar-refractivity contribution in [3.8, 4) is 0 Å². The standard InChI is InChI=1S/C11H22N4/c1-13-4-2-10(6-13)14-5-3-11(7-14)8-15(12)9-11/h10H,2-9,12H2,1H3. The van der Waals surface area contributed by atoms with Crippen LogP contribution < -0.4 is 5.84 Å². The molecule has 15 heavy (non-hydrogen) atoms. The van der Waals surface area contributed by atoms with Gasteiger partial charge in [0, 0.05) is 37.6 Å². The molecule has 0 radical (unpaired) electrons. The van der Waals surface area contributed by atoms with Crippen LogP contribution in [0.15, 0.2) is 0 Å². The molecule has 3 saturated heterocycles. The van der Waals surface area contributed by atoms with Gasteiger partial charge in [-0.2, -0.15) is 0 Å². The number of likely N-dealkylation sites (tertiary alicyclic amines) is 2. The third-order valence-electron chi connectivity index (χ3n) is 4.43. The molecule has 0 amide bonds. The molecule has 2 N–H and O–H groups in total. The molecule has 1 spiro atoms. The topological polar surface area (TPSA) is 35.7 Å². The number of hydrogen-bond acceptors (Lipinski definition) is 4. The number of rotatable bonds is 1. The number of likely N-dealkylation sites (N-methyl/N-ethyl adjacent to an activating group) is 1. The van der Waals surface area contributed by atoms with E-state index in [2.05, 4.69) is 16.8 Å². The van der Waals surface area contributed by atoms with Gasteiger partial charge in [-0.1, -0.05) is 0 Å². The molecule has 0 aromatic rings. The van der Waals surface area contributed by atoms with E-state index in [1.54, 1.807) is 0 Å². The lowest BCUT2D eigenvalue weighted by Crippen LogP contribution is -2.60. The molecule has 1 unspecified atom stereocenters. The van der Waals surface area contributed by atoms with Gasteiger partial charge >= 0.3 is 0 Å². The summed E-state index contributed by atoms with van der Waals surface area (Å²) in [5, 5.41) is 1.96. The van der Waals surface area contributed by atoms with E-state index >= 15 is 0 Å². The molecule has 0 saturated carbocycles. The van der Waals surface area contributed by atoms with E-state index < -0.39 is 0 Å². The zero-order valence-corrected chi connectivity index (χ0v) is 9.65. The molecule has 3 fully saturated rings. The molecular weight excluding hydrogens is 188 g/mol. The zero-order valence-electron chi connectivity index (χ0n) is 9.65. The van der Waals surface area contributed by atoms with Crippen LogP contribution in [0.2, 0.25) is 0 Å². The van der Waals surface area contributed by atoms with E-state index in [0.29, 0.717) is 5.41 Å². The summed E-state index contributed by atoms with van der Waals surface area (Å²) in [6, 6.07) is 0.821. The second-order valence-corrected chi connectivity index (χ2v) is 5.83. The maximum absolute atomic E-state index is 5.76. The van der Waals surface area contributed by atoms with E-state index in [4.69, 9.17) is 5.84 Å². The second kappa shape index (κ2) is 3.42. The third-order valence-corrected chi connectivity index (χ3v) is 4.43. The average Bonchev–Trinajstić information content (AvgIpc) is 2.71. The van der Waals surface area contributed by atoms with E-state index in [1.165, 1.54) is 39.0 Å². The summed E-state index contributed by atoms with van der Waals surface area (Å²) in [7, 11) is 2.23. The Morgan fingerprint density at radius 2 is 2.00 bits per heavy atom.